The number of carbonyl (C=O) groups is 2. The van der Waals surface area contributed by atoms with E-state index in [0.29, 0.717) is 25.2 Å². The highest BCUT2D eigenvalue weighted by molar-refractivity contribution is 6.33. The Balaban J connectivity index is 1.50. The number of alkyl halides is 1. The van der Waals surface area contributed by atoms with Crippen LogP contribution in [0.25, 0.3) is 0 Å². The second-order valence-electron chi connectivity index (χ2n) is 6.12. The van der Waals surface area contributed by atoms with Crippen molar-refractivity contribution in [1.82, 2.24) is 15.0 Å². The molecule has 3 heterocycles. The van der Waals surface area contributed by atoms with Crippen LogP contribution in [0.4, 0.5) is 20.6 Å². The van der Waals surface area contributed by atoms with E-state index in [1.807, 2.05) is 0 Å². The Morgan fingerprint density at radius 3 is 2.81 bits per heavy atom. The molecule has 8 nitrogen and oxygen atoms in total. The lowest BCUT2D eigenvalue weighted by molar-refractivity contribution is -0.116. The fraction of sp³-hybridized carbons (Fsp3) is 0.375. The summed E-state index contributed by atoms with van der Waals surface area (Å²) in [5.41, 5.74) is 0.528. The van der Waals surface area contributed by atoms with Gasteiger partial charge in [-0.15, -0.1) is 16.7 Å². The van der Waals surface area contributed by atoms with Crippen LogP contribution in [0.15, 0.2) is 30.6 Å². The molecule has 2 aromatic rings. The van der Waals surface area contributed by atoms with Crippen LogP contribution in [-0.4, -0.2) is 51.6 Å². The topological polar surface area (TPSA) is 80.6 Å². The van der Waals surface area contributed by atoms with Gasteiger partial charge in [0.05, 0.1) is 30.7 Å². The van der Waals surface area contributed by atoms with E-state index in [2.05, 4.69) is 10.3 Å². The van der Waals surface area contributed by atoms with Crippen molar-refractivity contribution in [3.8, 4) is 0 Å². The number of nitrogens with zero attached hydrogens (tertiary/aromatic N) is 5. The van der Waals surface area contributed by atoms with Gasteiger partial charge in [-0.25, -0.2) is 13.9 Å². The van der Waals surface area contributed by atoms with Crippen LogP contribution in [0.2, 0.25) is 0 Å². The first kappa shape index (κ1) is 16.8. The first-order valence-electron chi connectivity index (χ1n) is 8.10. The van der Waals surface area contributed by atoms with Crippen molar-refractivity contribution in [3.05, 3.63) is 36.4 Å². The second-order valence-corrected chi connectivity index (χ2v) is 6.65. The number of ether oxygens (including phenoxy) is 1. The van der Waals surface area contributed by atoms with Crippen molar-refractivity contribution in [2.45, 2.75) is 24.4 Å². The fourth-order valence-corrected chi connectivity index (χ4v) is 3.35. The molecule has 2 atom stereocenters. The predicted octanol–water partition coefficient (Wildman–Crippen LogP) is 1.79. The van der Waals surface area contributed by atoms with Gasteiger partial charge in [-0.2, -0.15) is 0 Å². The molecule has 0 N–H and O–H groups in total. The zero-order valence-electron chi connectivity index (χ0n) is 13.6. The van der Waals surface area contributed by atoms with Gasteiger partial charge in [-0.1, -0.05) is 5.21 Å². The number of hydrogen-bond acceptors (Lipinski definition) is 5. The summed E-state index contributed by atoms with van der Waals surface area (Å²) < 4.78 is 21.4. The van der Waals surface area contributed by atoms with E-state index in [4.69, 9.17) is 16.3 Å². The van der Waals surface area contributed by atoms with Gasteiger partial charge in [0.2, 0.25) is 5.91 Å². The number of carbonyl (C=O) groups excluding carboxylic acids is 2. The Morgan fingerprint density at radius 2 is 2.15 bits per heavy atom. The summed E-state index contributed by atoms with van der Waals surface area (Å²) in [5, 5.41) is 6.91. The maximum Gasteiger partial charge on any atom is 0.414 e. The number of rotatable bonds is 4. The van der Waals surface area contributed by atoms with Gasteiger partial charge < -0.3 is 9.64 Å². The maximum absolute atomic E-state index is 14.5. The Labute approximate surface area is 153 Å². The molecule has 136 valence electrons. The van der Waals surface area contributed by atoms with E-state index in [1.54, 1.807) is 16.9 Å². The molecule has 2 saturated heterocycles. The minimum Gasteiger partial charge on any atom is -0.442 e. The third-order valence-corrected chi connectivity index (χ3v) is 4.82. The third-order valence-electron chi connectivity index (χ3n) is 4.41. The molecule has 0 bridgehead atoms. The van der Waals surface area contributed by atoms with Crippen molar-refractivity contribution in [2.24, 2.45) is 0 Å². The van der Waals surface area contributed by atoms with Crippen molar-refractivity contribution >= 4 is 35.0 Å². The Morgan fingerprint density at radius 1 is 1.31 bits per heavy atom. The van der Waals surface area contributed by atoms with Crippen molar-refractivity contribution in [1.29, 1.82) is 0 Å². The molecule has 26 heavy (non-hydrogen) atoms. The molecule has 1 aromatic heterocycles. The van der Waals surface area contributed by atoms with Crippen LogP contribution in [0, 0.1) is 5.82 Å². The Kier molecular flexibility index (Phi) is 4.23. The van der Waals surface area contributed by atoms with E-state index in [1.165, 1.54) is 28.1 Å². The van der Waals surface area contributed by atoms with Crippen LogP contribution < -0.4 is 9.80 Å². The van der Waals surface area contributed by atoms with Crippen LogP contribution in [-0.2, 0) is 16.1 Å². The van der Waals surface area contributed by atoms with E-state index in [-0.39, 0.29) is 18.1 Å². The molecule has 1 unspecified atom stereocenters. The maximum atomic E-state index is 14.5. The molecular formula is C16H15ClFN5O3. The molecule has 1 aromatic carbocycles. The van der Waals surface area contributed by atoms with E-state index < -0.39 is 23.4 Å². The Bertz CT molecular complexity index is 846. The molecular weight excluding hydrogens is 365 g/mol. The molecule has 0 aliphatic carbocycles. The number of halogens is 2. The lowest BCUT2D eigenvalue weighted by atomic mass is 10.2. The monoisotopic (exact) mass is 379 g/mol. The van der Waals surface area contributed by atoms with Gasteiger partial charge in [0.15, 0.2) is 0 Å². The molecule has 2 aliphatic heterocycles. The number of benzene rings is 1. The summed E-state index contributed by atoms with van der Waals surface area (Å²) in [6, 6.07) is 4.30. The number of hydrogen-bond donors (Lipinski definition) is 0. The SMILES string of the molecule is O=C1O[C@@H](Cn2ccnn2)CN1c1ccc(N2CCC(Cl)C2=O)c(F)c1. The molecule has 0 spiro atoms. The molecule has 2 aliphatic rings. The van der Waals surface area contributed by atoms with Gasteiger partial charge >= 0.3 is 6.09 Å². The first-order chi connectivity index (χ1) is 12.5. The van der Waals surface area contributed by atoms with E-state index in [0.717, 1.165) is 0 Å². The second kappa shape index (κ2) is 6.56. The number of anilines is 2. The molecule has 4 rings (SSSR count). The normalized spacial score (nSPS) is 23.0. The van der Waals surface area contributed by atoms with E-state index in [9.17, 15) is 14.0 Å². The molecule has 2 fully saturated rings. The zero-order chi connectivity index (χ0) is 18.3. The average Bonchev–Trinajstić information content (AvgIpc) is 3.32. The molecule has 10 heteroatoms. The summed E-state index contributed by atoms with van der Waals surface area (Å²) in [4.78, 5) is 26.8. The number of cyclic esters (lactones) is 1. The summed E-state index contributed by atoms with van der Waals surface area (Å²) in [6.45, 7) is 1.00. The standard InChI is InChI=1S/C16H15ClFN5O3/c17-12-3-5-22(15(12)24)14-2-1-10(7-13(14)18)23-9-11(26-16(23)25)8-21-6-4-19-20-21/h1-2,4,6-7,11-12H,3,5,8-9H2/t11-,12?/m0/s1. The van der Waals surface area contributed by atoms with Crippen LogP contribution in [0.1, 0.15) is 6.42 Å². The summed E-state index contributed by atoms with van der Waals surface area (Å²) in [6.07, 6.45) is 2.71. The average molecular weight is 380 g/mol. The highest BCUT2D eigenvalue weighted by Gasteiger charge is 2.35. The summed E-state index contributed by atoms with van der Waals surface area (Å²) in [7, 11) is 0. The Hall–Kier alpha value is -2.68. The largest absolute Gasteiger partial charge is 0.442 e. The predicted molar refractivity (Wildman–Crippen MR) is 90.6 cm³/mol. The van der Waals surface area contributed by atoms with Gasteiger partial charge in [0.25, 0.3) is 0 Å². The zero-order valence-corrected chi connectivity index (χ0v) is 14.3. The van der Waals surface area contributed by atoms with E-state index >= 15 is 0 Å². The van der Waals surface area contributed by atoms with Crippen molar-refractivity contribution in [3.63, 3.8) is 0 Å². The summed E-state index contributed by atoms with van der Waals surface area (Å²) in [5.74, 6) is -0.902. The number of aromatic nitrogens is 3. The molecule has 0 radical (unpaired) electrons. The summed E-state index contributed by atoms with van der Waals surface area (Å²) >= 11 is 5.89. The highest BCUT2D eigenvalue weighted by Crippen LogP contribution is 2.31. The highest BCUT2D eigenvalue weighted by atomic mass is 35.5. The molecule has 0 saturated carbocycles. The first-order valence-corrected chi connectivity index (χ1v) is 8.54. The lowest BCUT2D eigenvalue weighted by Crippen LogP contribution is -2.29. The third kappa shape index (κ3) is 2.98. The minimum absolute atomic E-state index is 0.161. The van der Waals surface area contributed by atoms with Crippen LogP contribution >= 0.6 is 11.6 Å². The van der Waals surface area contributed by atoms with Gasteiger partial charge in [-0.3, -0.25) is 9.69 Å². The fourth-order valence-electron chi connectivity index (χ4n) is 3.13. The van der Waals surface area contributed by atoms with Crippen LogP contribution in [0.5, 0.6) is 0 Å². The smallest absolute Gasteiger partial charge is 0.414 e. The van der Waals surface area contributed by atoms with Gasteiger partial charge in [0, 0.05) is 12.7 Å². The lowest BCUT2D eigenvalue weighted by Gasteiger charge is -2.19. The molecule has 2 amide bonds. The quantitative estimate of drug-likeness (QED) is 0.756. The van der Waals surface area contributed by atoms with Gasteiger partial charge in [-0.05, 0) is 24.6 Å². The van der Waals surface area contributed by atoms with Crippen molar-refractivity contribution < 1.29 is 18.7 Å². The van der Waals surface area contributed by atoms with Crippen LogP contribution in [0.3, 0.4) is 0 Å². The minimum atomic E-state index is -0.625. The number of amides is 2. The van der Waals surface area contributed by atoms with Gasteiger partial charge in [0.1, 0.15) is 17.3 Å². The van der Waals surface area contributed by atoms with Crippen molar-refractivity contribution in [2.75, 3.05) is 22.9 Å².